The third-order valence-electron chi connectivity index (χ3n) is 1.00. The van der Waals surface area contributed by atoms with Crippen LogP contribution in [0.3, 0.4) is 0 Å². The number of nitro groups is 1. The molecule has 0 aromatic heterocycles. The number of benzene rings is 1. The number of nitro benzene ring substituents is 1. The van der Waals surface area contributed by atoms with Gasteiger partial charge in [-0.15, -0.1) is 0 Å². The fourth-order valence-corrected chi connectivity index (χ4v) is 0.543. The van der Waals surface area contributed by atoms with E-state index in [0.717, 1.165) is 12.1 Å². The van der Waals surface area contributed by atoms with Crippen LogP contribution in [0.5, 0.6) is 0 Å². The molecule has 0 aliphatic heterocycles. The molecule has 2 N–H and O–H groups in total. The van der Waals surface area contributed by atoms with Crippen molar-refractivity contribution in [2.24, 2.45) is 0 Å². The summed E-state index contributed by atoms with van der Waals surface area (Å²) in [6.45, 7) is 0. The number of nitrogen functional groups attached to an aromatic ring is 1. The molecule has 0 atom stereocenters. The Kier molecular flexibility index (Phi) is 1.00. The van der Waals surface area contributed by atoms with Gasteiger partial charge in [-0.05, 0) is 6.04 Å². The highest BCUT2D eigenvalue weighted by atomic mass is 16.6. The highest BCUT2D eigenvalue weighted by Gasteiger charge is 2.07. The zero-order valence-corrected chi connectivity index (χ0v) is 5.00. The van der Waals surface area contributed by atoms with Crippen LogP contribution in [-0.4, -0.2) is 4.92 Å². The van der Waals surface area contributed by atoms with Crippen molar-refractivity contribution in [2.45, 2.75) is 0 Å². The lowest BCUT2D eigenvalue weighted by Gasteiger charge is -1.92. The monoisotopic (exact) mass is 140 g/mol. The van der Waals surface area contributed by atoms with E-state index in [2.05, 4.69) is 0 Å². The van der Waals surface area contributed by atoms with Crippen LogP contribution < -0.4 is 5.73 Å². The Morgan fingerprint density at radius 3 is 3.10 bits per heavy atom. The van der Waals surface area contributed by atoms with Crippen LogP contribution in [0.4, 0.5) is 11.4 Å². The standard InChI is InChI=1S/C6H6N2O2/c7-5-3-1-2-4-6(5)8(9)10/h1-4H,7H2/i2D,3D. The molecular formula is C6H6N2O2. The van der Waals surface area contributed by atoms with Crippen LogP contribution in [0.15, 0.2) is 24.2 Å². The van der Waals surface area contributed by atoms with Gasteiger partial charge in [-0.25, -0.2) is 0 Å². The predicted octanol–water partition coefficient (Wildman–Crippen LogP) is 1.18. The topological polar surface area (TPSA) is 69.2 Å². The summed E-state index contributed by atoms with van der Waals surface area (Å²) >= 11 is 0. The Morgan fingerprint density at radius 2 is 2.50 bits per heavy atom. The molecule has 0 heterocycles. The Balaban J connectivity index is 3.37. The van der Waals surface area contributed by atoms with Crippen molar-refractivity contribution < 1.29 is 7.66 Å². The maximum absolute atomic E-state index is 10.3. The smallest absolute Gasteiger partial charge is 0.292 e. The van der Waals surface area contributed by atoms with Crippen LogP contribution >= 0.6 is 0 Å². The predicted molar refractivity (Wildman–Crippen MR) is 37.5 cm³/mol. The van der Waals surface area contributed by atoms with E-state index in [9.17, 15) is 10.1 Å². The first-order valence-electron chi connectivity index (χ1n) is 3.53. The summed E-state index contributed by atoms with van der Waals surface area (Å²) < 4.78 is 14.2. The summed E-state index contributed by atoms with van der Waals surface area (Å²) in [5.41, 5.74) is 4.66. The number of hydrogen-bond donors (Lipinski definition) is 1. The fourth-order valence-electron chi connectivity index (χ4n) is 0.543. The summed E-state index contributed by atoms with van der Waals surface area (Å²) in [7, 11) is 0. The van der Waals surface area contributed by atoms with Gasteiger partial charge in [0, 0.05) is 6.07 Å². The third kappa shape index (κ3) is 1.05. The van der Waals surface area contributed by atoms with E-state index < -0.39 is 4.92 Å². The number of nitrogens with two attached hydrogens (primary N) is 1. The number of para-hydroxylation sites is 2. The third-order valence-corrected chi connectivity index (χ3v) is 1.00. The molecule has 1 aromatic rings. The van der Waals surface area contributed by atoms with E-state index in [4.69, 9.17) is 8.48 Å². The molecular weight excluding hydrogens is 132 g/mol. The summed E-state index contributed by atoms with van der Waals surface area (Å²) in [5.74, 6) is 0. The van der Waals surface area contributed by atoms with E-state index in [-0.39, 0.29) is 23.5 Å². The number of nitrogens with zero attached hydrogens (tertiary/aromatic N) is 1. The van der Waals surface area contributed by atoms with Crippen LogP contribution in [0.1, 0.15) is 2.74 Å². The molecule has 0 saturated heterocycles. The zero-order chi connectivity index (χ0) is 9.30. The normalized spacial score (nSPS) is 12.0. The van der Waals surface area contributed by atoms with Crippen LogP contribution in [0.25, 0.3) is 0 Å². The average Bonchev–Trinajstić information content (AvgIpc) is 1.96. The van der Waals surface area contributed by atoms with Crippen LogP contribution in [-0.2, 0) is 0 Å². The van der Waals surface area contributed by atoms with E-state index in [1.165, 1.54) is 0 Å². The Bertz CT molecular complexity index is 341. The molecule has 0 fully saturated rings. The van der Waals surface area contributed by atoms with E-state index in [0.29, 0.717) is 0 Å². The summed E-state index contributed by atoms with van der Waals surface area (Å²) in [6.07, 6.45) is 0. The van der Waals surface area contributed by atoms with Gasteiger partial charge < -0.3 is 5.73 Å². The SMILES string of the molecule is [2H]c1cc([2H])c(N)c([N+](=O)[O-])c1. The second-order valence-corrected chi connectivity index (χ2v) is 1.66. The molecule has 0 aliphatic rings. The number of rotatable bonds is 1. The molecule has 0 aliphatic carbocycles. The van der Waals surface area contributed by atoms with E-state index >= 15 is 0 Å². The summed E-state index contributed by atoms with van der Waals surface area (Å²) in [6, 6.07) is 1.91. The van der Waals surface area contributed by atoms with Crippen molar-refractivity contribution in [3.05, 3.63) is 34.3 Å². The van der Waals surface area contributed by atoms with Crippen molar-refractivity contribution in [2.75, 3.05) is 5.73 Å². The Labute approximate surface area is 60.2 Å². The van der Waals surface area contributed by atoms with Gasteiger partial charge in [0.1, 0.15) is 5.69 Å². The van der Waals surface area contributed by atoms with Crippen molar-refractivity contribution in [3.8, 4) is 0 Å². The van der Waals surface area contributed by atoms with Crippen LogP contribution in [0.2, 0.25) is 0 Å². The minimum absolute atomic E-state index is 0.0825. The first-order valence-corrected chi connectivity index (χ1v) is 2.53. The molecule has 0 saturated carbocycles. The molecule has 0 unspecified atom stereocenters. The molecule has 1 rings (SSSR count). The zero-order valence-electron chi connectivity index (χ0n) is 7.00. The van der Waals surface area contributed by atoms with E-state index in [1.54, 1.807) is 0 Å². The van der Waals surface area contributed by atoms with Crippen LogP contribution in [0, 0.1) is 10.1 Å². The number of hydrogen-bond acceptors (Lipinski definition) is 3. The molecule has 4 nitrogen and oxygen atoms in total. The quantitative estimate of drug-likeness (QED) is 0.361. The van der Waals surface area contributed by atoms with Gasteiger partial charge in [0.05, 0.1) is 7.66 Å². The van der Waals surface area contributed by atoms with Crippen molar-refractivity contribution >= 4 is 11.4 Å². The van der Waals surface area contributed by atoms with E-state index in [1.807, 2.05) is 0 Å². The largest absolute Gasteiger partial charge is 0.393 e. The second-order valence-electron chi connectivity index (χ2n) is 1.66. The van der Waals surface area contributed by atoms with Crippen molar-refractivity contribution in [1.29, 1.82) is 0 Å². The lowest BCUT2D eigenvalue weighted by Crippen LogP contribution is -1.93. The van der Waals surface area contributed by atoms with Gasteiger partial charge in [0.15, 0.2) is 0 Å². The highest BCUT2D eigenvalue weighted by Crippen LogP contribution is 2.18. The lowest BCUT2D eigenvalue weighted by molar-refractivity contribution is -0.383. The van der Waals surface area contributed by atoms with Gasteiger partial charge in [0.2, 0.25) is 0 Å². The van der Waals surface area contributed by atoms with Crippen molar-refractivity contribution in [1.82, 2.24) is 0 Å². The maximum Gasteiger partial charge on any atom is 0.292 e. The van der Waals surface area contributed by atoms with Gasteiger partial charge >= 0.3 is 0 Å². The molecule has 1 aromatic carbocycles. The molecule has 0 bridgehead atoms. The van der Waals surface area contributed by atoms with Gasteiger partial charge in [0.25, 0.3) is 5.69 Å². The summed E-state index contributed by atoms with van der Waals surface area (Å²) in [4.78, 5) is 9.58. The minimum atomic E-state index is -0.703. The molecule has 0 radical (unpaired) electrons. The molecule has 0 amide bonds. The lowest BCUT2D eigenvalue weighted by atomic mass is 10.3. The average molecular weight is 140 g/mol. The summed E-state index contributed by atoms with van der Waals surface area (Å²) in [5, 5.41) is 10.3. The first kappa shape index (κ1) is 4.27. The maximum atomic E-state index is 10.3. The van der Waals surface area contributed by atoms with Gasteiger partial charge in [-0.1, -0.05) is 12.1 Å². The van der Waals surface area contributed by atoms with Gasteiger partial charge in [-0.2, -0.15) is 0 Å². The van der Waals surface area contributed by atoms with Crippen molar-refractivity contribution in [3.63, 3.8) is 0 Å². The fraction of sp³-hybridized carbons (Fsp3) is 0. The van der Waals surface area contributed by atoms with Gasteiger partial charge in [-0.3, -0.25) is 10.1 Å². The minimum Gasteiger partial charge on any atom is -0.393 e. The Hall–Kier alpha value is -1.58. The number of anilines is 1. The highest BCUT2D eigenvalue weighted by molar-refractivity contribution is 5.57. The molecule has 10 heavy (non-hydrogen) atoms. The second kappa shape index (κ2) is 2.34. The first-order chi connectivity index (χ1) is 5.52. The molecule has 4 heteroatoms. The Morgan fingerprint density at radius 1 is 1.80 bits per heavy atom. The molecule has 0 spiro atoms. The molecule has 52 valence electrons.